The maximum absolute atomic E-state index is 13.8. The molecular weight excluding hydrogens is 520 g/mol. The summed E-state index contributed by atoms with van der Waals surface area (Å²) in [4.78, 5) is 58.4. The molecule has 1 amide bonds. The number of aliphatic hydroxyl groups excluding tert-OH is 2. The molecule has 3 aliphatic carbocycles. The normalized spacial score (nSPS) is 29.4. The number of phenolic OH excluding ortho intramolecular Hbond substituents is 1. The van der Waals surface area contributed by atoms with Gasteiger partial charge in [-0.05, 0) is 57.6 Å². The number of nitrogens with two attached hydrogens (primary N) is 1. The molecule has 4 aliphatic rings. The van der Waals surface area contributed by atoms with E-state index in [0.29, 0.717) is 11.1 Å². The van der Waals surface area contributed by atoms with Gasteiger partial charge in [-0.2, -0.15) is 0 Å². The van der Waals surface area contributed by atoms with E-state index in [4.69, 9.17) is 5.73 Å². The number of piperazine rings is 1. The smallest absolute Gasteiger partial charge is 0.255 e. The Morgan fingerprint density at radius 1 is 1.10 bits per heavy atom. The molecular formula is C28H34N4O8. The molecule has 40 heavy (non-hydrogen) atoms. The first-order chi connectivity index (χ1) is 18.8. The van der Waals surface area contributed by atoms with Gasteiger partial charge in [0.1, 0.15) is 22.8 Å². The van der Waals surface area contributed by atoms with Gasteiger partial charge in [-0.15, -0.1) is 0 Å². The molecule has 1 aromatic carbocycles. The van der Waals surface area contributed by atoms with Crippen molar-refractivity contribution in [3.05, 3.63) is 51.5 Å². The van der Waals surface area contributed by atoms with Crippen molar-refractivity contribution in [2.75, 3.05) is 53.9 Å². The van der Waals surface area contributed by atoms with E-state index in [1.165, 1.54) is 17.0 Å². The number of carbonyl (C=O) groups excluding carboxylic acids is 4. The summed E-state index contributed by atoms with van der Waals surface area (Å²) in [5, 5.41) is 44.6. The monoisotopic (exact) mass is 554 g/mol. The van der Waals surface area contributed by atoms with Crippen molar-refractivity contribution in [2.45, 2.75) is 24.5 Å². The van der Waals surface area contributed by atoms with Crippen LogP contribution in [0.1, 0.15) is 32.7 Å². The number of phenols is 1. The Hall–Kier alpha value is -3.58. The number of benzene rings is 1. The Labute approximate surface area is 231 Å². The highest BCUT2D eigenvalue weighted by atomic mass is 16.3. The number of amides is 1. The number of carbonyl (C=O) groups is 4. The molecule has 12 nitrogen and oxygen atoms in total. The fourth-order valence-electron chi connectivity index (χ4n) is 6.81. The van der Waals surface area contributed by atoms with E-state index in [9.17, 15) is 39.6 Å². The number of allylic oxidation sites excluding steroid dienone is 1. The van der Waals surface area contributed by atoms with Crippen LogP contribution in [0.5, 0.6) is 5.75 Å². The number of hydrogen-bond donors (Lipinski definition) is 5. The van der Waals surface area contributed by atoms with E-state index in [1.807, 2.05) is 11.9 Å². The highest BCUT2D eigenvalue weighted by molar-refractivity contribution is 6.25. The number of aliphatic hydroxyl groups is 3. The molecule has 0 unspecified atom stereocenters. The van der Waals surface area contributed by atoms with Crippen molar-refractivity contribution >= 4 is 23.3 Å². The highest BCUT2D eigenvalue weighted by Gasteiger charge is 2.63. The molecule has 1 fully saturated rings. The quantitative estimate of drug-likeness (QED) is 0.235. The number of nitrogens with zero attached hydrogens (tertiary/aromatic N) is 3. The summed E-state index contributed by atoms with van der Waals surface area (Å²) in [6, 6.07) is 1.67. The first-order valence-electron chi connectivity index (χ1n) is 13.2. The number of primary amides is 1. The first kappa shape index (κ1) is 28.0. The molecule has 5 rings (SSSR count). The molecule has 4 atom stereocenters. The summed E-state index contributed by atoms with van der Waals surface area (Å²) in [6.45, 7) is 3.23. The van der Waals surface area contributed by atoms with E-state index in [2.05, 4.69) is 4.90 Å². The number of rotatable bonds is 5. The van der Waals surface area contributed by atoms with Gasteiger partial charge in [0, 0.05) is 43.2 Å². The summed E-state index contributed by atoms with van der Waals surface area (Å²) >= 11 is 0. The summed E-state index contributed by atoms with van der Waals surface area (Å²) in [5.74, 6) is -7.38. The van der Waals surface area contributed by atoms with Crippen LogP contribution in [-0.2, 0) is 16.0 Å². The fourth-order valence-corrected chi connectivity index (χ4v) is 6.81. The zero-order chi connectivity index (χ0) is 29.3. The third-order valence-corrected chi connectivity index (χ3v) is 8.87. The van der Waals surface area contributed by atoms with Crippen LogP contribution in [0, 0.1) is 11.8 Å². The molecule has 0 radical (unpaired) electrons. The summed E-state index contributed by atoms with van der Waals surface area (Å²) in [7, 11) is 5.15. The number of ketones is 3. The summed E-state index contributed by atoms with van der Waals surface area (Å²) < 4.78 is 0. The fraction of sp³-hybridized carbons (Fsp3) is 0.500. The minimum absolute atomic E-state index is 0.0342. The van der Waals surface area contributed by atoms with Crippen LogP contribution in [0.4, 0.5) is 0 Å². The predicted octanol–water partition coefficient (Wildman–Crippen LogP) is -0.449. The van der Waals surface area contributed by atoms with Crippen molar-refractivity contribution < 1.29 is 39.6 Å². The van der Waals surface area contributed by atoms with Gasteiger partial charge < -0.3 is 31.1 Å². The number of aromatic hydroxyl groups is 1. The largest absolute Gasteiger partial charge is 0.510 e. The topological polar surface area (TPSA) is 185 Å². The standard InChI is InChI=1S/C28H34N4O8/c1-30(2)22-16-11-13-10-15-14(18(34)12-32-8-6-31(3)7-9-32)4-5-17(33)20(15)23(35)19(13)25(37)28(16,40)26(38)21(24(22)36)27(29)39/h4-5,13,16,22,33,36-37,40H,6-12H2,1-3H3,(H2,29,39)/t13-,16-,22+,28-/m0/s1. The van der Waals surface area contributed by atoms with Crippen LogP contribution in [0.25, 0.3) is 0 Å². The Balaban J connectivity index is 1.59. The molecule has 214 valence electrons. The molecule has 0 aromatic heterocycles. The predicted molar refractivity (Wildman–Crippen MR) is 142 cm³/mol. The second kappa shape index (κ2) is 9.81. The van der Waals surface area contributed by atoms with Crippen LogP contribution >= 0.6 is 0 Å². The molecule has 6 N–H and O–H groups in total. The zero-order valence-electron chi connectivity index (χ0n) is 22.7. The minimum Gasteiger partial charge on any atom is -0.510 e. The Morgan fingerprint density at radius 2 is 1.75 bits per heavy atom. The lowest BCUT2D eigenvalue weighted by molar-refractivity contribution is -0.148. The Bertz CT molecular complexity index is 1390. The second-order valence-electron chi connectivity index (χ2n) is 11.5. The molecule has 1 aromatic rings. The third-order valence-electron chi connectivity index (χ3n) is 8.87. The lowest BCUT2D eigenvalue weighted by Crippen LogP contribution is -2.63. The highest BCUT2D eigenvalue weighted by Crippen LogP contribution is 2.52. The molecule has 0 bridgehead atoms. The molecule has 1 heterocycles. The van der Waals surface area contributed by atoms with Gasteiger partial charge in [0.15, 0.2) is 17.2 Å². The lowest BCUT2D eigenvalue weighted by atomic mass is 9.58. The van der Waals surface area contributed by atoms with Crippen molar-refractivity contribution in [1.82, 2.24) is 14.7 Å². The number of fused-ring (bicyclic) bond motifs is 3. The van der Waals surface area contributed by atoms with Crippen LogP contribution in [-0.4, -0.2) is 124 Å². The summed E-state index contributed by atoms with van der Waals surface area (Å²) in [5.41, 5.74) is 2.03. The number of likely N-dealkylation sites (N-methyl/N-ethyl adjacent to an activating group) is 2. The second-order valence-corrected chi connectivity index (χ2v) is 11.5. The number of hydrogen-bond acceptors (Lipinski definition) is 11. The van der Waals surface area contributed by atoms with Crippen molar-refractivity contribution in [2.24, 2.45) is 17.6 Å². The molecule has 1 saturated heterocycles. The third kappa shape index (κ3) is 4.05. The Kier molecular flexibility index (Phi) is 6.86. The first-order valence-corrected chi connectivity index (χ1v) is 13.2. The number of Topliss-reactive ketones (excluding diaryl/α,β-unsaturated/α-hetero) is 3. The SMILES string of the molecule is CN1CCN(CC(=O)c2ccc(O)c3c2C[C@H]2C[C@H]4[C@@H](N(C)C)C(O)=C(C(N)=O)C(=O)[C@@]4(O)C(O)=C2C3=O)CC1. The average molecular weight is 555 g/mol. The average Bonchev–Trinajstić information content (AvgIpc) is 2.87. The van der Waals surface area contributed by atoms with E-state index < -0.39 is 58.0 Å². The molecule has 0 saturated carbocycles. The maximum atomic E-state index is 13.8. The van der Waals surface area contributed by atoms with Gasteiger partial charge in [0.2, 0.25) is 5.78 Å². The maximum Gasteiger partial charge on any atom is 0.255 e. The van der Waals surface area contributed by atoms with E-state index in [-0.39, 0.29) is 42.1 Å². The van der Waals surface area contributed by atoms with E-state index >= 15 is 0 Å². The van der Waals surface area contributed by atoms with Gasteiger partial charge in [0.05, 0.1) is 18.2 Å². The minimum atomic E-state index is -2.70. The van der Waals surface area contributed by atoms with Crippen LogP contribution in [0.3, 0.4) is 0 Å². The van der Waals surface area contributed by atoms with E-state index in [1.54, 1.807) is 14.1 Å². The lowest BCUT2D eigenvalue weighted by Gasteiger charge is -2.50. The molecule has 12 heteroatoms. The van der Waals surface area contributed by atoms with Crippen molar-refractivity contribution in [3.8, 4) is 5.75 Å². The van der Waals surface area contributed by atoms with Gasteiger partial charge in [-0.25, -0.2) is 0 Å². The molecule has 1 aliphatic heterocycles. The van der Waals surface area contributed by atoms with Crippen LogP contribution in [0.2, 0.25) is 0 Å². The zero-order valence-corrected chi connectivity index (χ0v) is 22.7. The van der Waals surface area contributed by atoms with Gasteiger partial charge in [0.25, 0.3) is 5.91 Å². The van der Waals surface area contributed by atoms with E-state index in [0.717, 1.165) is 26.2 Å². The van der Waals surface area contributed by atoms with Gasteiger partial charge in [-0.1, -0.05) is 0 Å². The van der Waals surface area contributed by atoms with Gasteiger partial charge >= 0.3 is 0 Å². The summed E-state index contributed by atoms with van der Waals surface area (Å²) in [6.07, 6.45) is 0.0419. The van der Waals surface area contributed by atoms with Crippen molar-refractivity contribution in [3.63, 3.8) is 0 Å². The van der Waals surface area contributed by atoms with Crippen LogP contribution in [0.15, 0.2) is 34.8 Å². The Morgan fingerprint density at radius 3 is 2.35 bits per heavy atom. The van der Waals surface area contributed by atoms with Crippen molar-refractivity contribution in [1.29, 1.82) is 0 Å². The van der Waals surface area contributed by atoms with Gasteiger partial charge in [-0.3, -0.25) is 29.0 Å². The molecule has 0 spiro atoms. The van der Waals surface area contributed by atoms with Crippen LogP contribution < -0.4 is 5.73 Å².